The summed E-state index contributed by atoms with van der Waals surface area (Å²) >= 11 is 4.23. The lowest BCUT2D eigenvalue weighted by Crippen LogP contribution is -2.14. The van der Waals surface area contributed by atoms with Gasteiger partial charge in [-0.3, -0.25) is 0 Å². The van der Waals surface area contributed by atoms with Crippen LogP contribution in [-0.2, 0) is 0 Å². The van der Waals surface area contributed by atoms with Gasteiger partial charge in [0.15, 0.2) is 0 Å². The Morgan fingerprint density at radius 2 is 1.55 bits per heavy atom. The standard InChI is InChI=1S/C7H13NS2.ClH/c1-6-3-9-5-10-4-7(6)2-8-1;/h6-8H,1-5H2;1H/t6-,7+;. The van der Waals surface area contributed by atoms with Gasteiger partial charge in [-0.1, -0.05) is 0 Å². The first-order valence-electron chi connectivity index (χ1n) is 3.83. The van der Waals surface area contributed by atoms with E-state index in [9.17, 15) is 0 Å². The number of halogens is 1. The van der Waals surface area contributed by atoms with Crippen LogP contribution in [0.4, 0.5) is 0 Å². The third-order valence-electron chi connectivity index (χ3n) is 2.31. The summed E-state index contributed by atoms with van der Waals surface area (Å²) in [5.41, 5.74) is 0. The molecule has 0 unspecified atom stereocenters. The van der Waals surface area contributed by atoms with Crippen molar-refractivity contribution in [3.05, 3.63) is 0 Å². The summed E-state index contributed by atoms with van der Waals surface area (Å²) in [4.78, 5) is 0. The second kappa shape index (κ2) is 4.85. The molecule has 0 aliphatic carbocycles. The van der Waals surface area contributed by atoms with Crippen molar-refractivity contribution in [2.24, 2.45) is 11.8 Å². The average Bonchev–Trinajstić information content (AvgIpc) is 2.28. The van der Waals surface area contributed by atoms with Gasteiger partial charge >= 0.3 is 0 Å². The minimum absolute atomic E-state index is 0. The van der Waals surface area contributed by atoms with E-state index in [2.05, 4.69) is 28.8 Å². The number of hydrogen-bond donors (Lipinski definition) is 1. The zero-order valence-corrected chi connectivity index (χ0v) is 8.86. The summed E-state index contributed by atoms with van der Waals surface area (Å²) < 4.78 is 0. The first-order valence-corrected chi connectivity index (χ1v) is 6.14. The summed E-state index contributed by atoms with van der Waals surface area (Å²) in [6.45, 7) is 2.55. The third-order valence-corrected chi connectivity index (χ3v) is 4.97. The van der Waals surface area contributed by atoms with Crippen LogP contribution < -0.4 is 5.32 Å². The van der Waals surface area contributed by atoms with Crippen molar-refractivity contribution in [2.45, 2.75) is 0 Å². The first-order chi connectivity index (χ1) is 4.97. The molecule has 1 N–H and O–H groups in total. The Balaban J connectivity index is 0.000000605. The Morgan fingerprint density at radius 1 is 1.00 bits per heavy atom. The highest BCUT2D eigenvalue weighted by Crippen LogP contribution is 2.30. The maximum absolute atomic E-state index is 3.47. The summed E-state index contributed by atoms with van der Waals surface area (Å²) in [5.74, 6) is 4.76. The van der Waals surface area contributed by atoms with E-state index in [-0.39, 0.29) is 12.4 Å². The molecule has 0 amide bonds. The molecule has 0 aromatic carbocycles. The Bertz CT molecular complexity index is 111. The fraction of sp³-hybridized carbons (Fsp3) is 1.00. The molecule has 4 heteroatoms. The van der Waals surface area contributed by atoms with Crippen LogP contribution in [0.25, 0.3) is 0 Å². The molecule has 11 heavy (non-hydrogen) atoms. The Kier molecular flexibility index (Phi) is 4.42. The van der Waals surface area contributed by atoms with Gasteiger partial charge in [0.25, 0.3) is 0 Å². The van der Waals surface area contributed by atoms with Gasteiger partial charge in [-0.2, -0.15) is 23.5 Å². The molecule has 2 rings (SSSR count). The molecule has 2 saturated heterocycles. The Labute approximate surface area is 82.9 Å². The molecule has 2 aliphatic rings. The van der Waals surface area contributed by atoms with Gasteiger partial charge in [-0.15, -0.1) is 12.4 Å². The molecule has 0 aromatic heterocycles. The zero-order chi connectivity index (χ0) is 6.81. The van der Waals surface area contributed by atoms with E-state index >= 15 is 0 Å². The van der Waals surface area contributed by atoms with Crippen LogP contribution in [0.5, 0.6) is 0 Å². The number of rotatable bonds is 0. The highest BCUT2D eigenvalue weighted by atomic mass is 35.5. The monoisotopic (exact) mass is 211 g/mol. The van der Waals surface area contributed by atoms with Gasteiger partial charge in [-0.05, 0) is 36.4 Å². The summed E-state index contributed by atoms with van der Waals surface area (Å²) in [5, 5.41) is 4.79. The van der Waals surface area contributed by atoms with Crippen LogP contribution >= 0.6 is 35.9 Å². The largest absolute Gasteiger partial charge is 0.316 e. The normalized spacial score (nSPS) is 37.1. The third kappa shape index (κ3) is 2.44. The van der Waals surface area contributed by atoms with Crippen molar-refractivity contribution in [1.82, 2.24) is 5.32 Å². The number of hydrogen-bond acceptors (Lipinski definition) is 3. The highest BCUT2D eigenvalue weighted by Gasteiger charge is 2.28. The zero-order valence-electron chi connectivity index (χ0n) is 6.41. The molecule has 2 aliphatic heterocycles. The SMILES string of the molecule is C1SC[C@H]2CNC[C@H]2CS1.Cl. The van der Waals surface area contributed by atoms with Gasteiger partial charge in [0, 0.05) is 5.08 Å². The molecule has 0 spiro atoms. The molecule has 66 valence electrons. The van der Waals surface area contributed by atoms with Crippen molar-refractivity contribution in [3.8, 4) is 0 Å². The quantitative estimate of drug-likeness (QED) is 0.655. The van der Waals surface area contributed by atoms with Gasteiger partial charge in [-0.25, -0.2) is 0 Å². The van der Waals surface area contributed by atoms with Crippen LogP contribution in [0, 0.1) is 11.8 Å². The minimum atomic E-state index is 0. The van der Waals surface area contributed by atoms with Crippen molar-refractivity contribution in [3.63, 3.8) is 0 Å². The molecule has 2 heterocycles. The highest BCUT2D eigenvalue weighted by molar-refractivity contribution is 8.16. The van der Waals surface area contributed by atoms with E-state index < -0.39 is 0 Å². The lowest BCUT2D eigenvalue weighted by atomic mass is 10.0. The second-order valence-electron chi connectivity index (χ2n) is 3.04. The summed E-state index contributed by atoms with van der Waals surface area (Å²) in [7, 11) is 0. The van der Waals surface area contributed by atoms with E-state index in [1.807, 2.05) is 0 Å². The number of thioether (sulfide) groups is 2. The fourth-order valence-electron chi connectivity index (χ4n) is 1.64. The van der Waals surface area contributed by atoms with Gasteiger partial charge < -0.3 is 5.32 Å². The molecule has 1 nitrogen and oxygen atoms in total. The molecule has 0 bridgehead atoms. The van der Waals surface area contributed by atoms with Crippen LogP contribution in [0.2, 0.25) is 0 Å². The fourth-order valence-corrected chi connectivity index (χ4v) is 4.26. The Hall–Kier alpha value is 0.950. The molecule has 0 radical (unpaired) electrons. The summed E-state index contributed by atoms with van der Waals surface area (Å²) in [6, 6.07) is 0. The van der Waals surface area contributed by atoms with Crippen LogP contribution in [-0.4, -0.2) is 29.7 Å². The predicted octanol–water partition coefficient (Wildman–Crippen LogP) is 1.68. The second-order valence-corrected chi connectivity index (χ2v) is 5.46. The maximum atomic E-state index is 3.47. The van der Waals surface area contributed by atoms with E-state index in [4.69, 9.17) is 0 Å². The maximum Gasteiger partial charge on any atom is 0.0392 e. The van der Waals surface area contributed by atoms with Gasteiger partial charge in [0.2, 0.25) is 0 Å². The first kappa shape index (κ1) is 10.0. The number of nitrogens with one attached hydrogen (secondary N) is 1. The van der Waals surface area contributed by atoms with Gasteiger partial charge in [0.1, 0.15) is 0 Å². The van der Waals surface area contributed by atoms with Crippen LogP contribution in [0.15, 0.2) is 0 Å². The van der Waals surface area contributed by atoms with Crippen LogP contribution in [0.1, 0.15) is 0 Å². The topological polar surface area (TPSA) is 12.0 Å². The average molecular weight is 212 g/mol. The molecule has 0 aromatic rings. The molecule has 2 fully saturated rings. The van der Waals surface area contributed by atoms with Crippen molar-refractivity contribution < 1.29 is 0 Å². The van der Waals surface area contributed by atoms with E-state index in [1.165, 1.54) is 29.7 Å². The number of fused-ring (bicyclic) bond motifs is 1. The summed E-state index contributed by atoms with van der Waals surface area (Å²) in [6.07, 6.45) is 0. The lowest BCUT2D eigenvalue weighted by Gasteiger charge is -2.11. The van der Waals surface area contributed by atoms with Crippen molar-refractivity contribution >= 4 is 35.9 Å². The predicted molar refractivity (Wildman–Crippen MR) is 56.9 cm³/mol. The van der Waals surface area contributed by atoms with Crippen molar-refractivity contribution in [2.75, 3.05) is 29.7 Å². The molecule has 0 saturated carbocycles. The van der Waals surface area contributed by atoms with Crippen molar-refractivity contribution in [1.29, 1.82) is 0 Å². The van der Waals surface area contributed by atoms with E-state index in [1.54, 1.807) is 0 Å². The molecule has 2 atom stereocenters. The minimum Gasteiger partial charge on any atom is -0.316 e. The molecular formula is C7H14ClNS2. The Morgan fingerprint density at radius 3 is 2.09 bits per heavy atom. The smallest absolute Gasteiger partial charge is 0.0392 e. The molecular weight excluding hydrogens is 198 g/mol. The van der Waals surface area contributed by atoms with Crippen LogP contribution in [0.3, 0.4) is 0 Å². The lowest BCUT2D eigenvalue weighted by molar-refractivity contribution is 0.512. The van der Waals surface area contributed by atoms with E-state index in [0.717, 1.165) is 11.8 Å². The van der Waals surface area contributed by atoms with Gasteiger partial charge in [0.05, 0.1) is 0 Å². The van der Waals surface area contributed by atoms with E-state index in [0.29, 0.717) is 0 Å².